The van der Waals surface area contributed by atoms with Crippen molar-refractivity contribution in [3.63, 3.8) is 0 Å². The molecule has 1 aliphatic rings. The van der Waals surface area contributed by atoms with Gasteiger partial charge in [-0.05, 0) is 30.2 Å². The van der Waals surface area contributed by atoms with Crippen molar-refractivity contribution >= 4 is 16.9 Å². The number of aliphatic hydroxyl groups excluding tert-OH is 1. The summed E-state index contributed by atoms with van der Waals surface area (Å²) < 4.78 is 5.79. The molecule has 0 aliphatic carbocycles. The van der Waals surface area contributed by atoms with E-state index in [4.69, 9.17) is 9.52 Å². The molecule has 0 saturated heterocycles. The first-order chi connectivity index (χ1) is 12.2. The van der Waals surface area contributed by atoms with Gasteiger partial charge in [0, 0.05) is 25.5 Å². The van der Waals surface area contributed by atoms with E-state index in [0.717, 1.165) is 5.56 Å². The molecule has 6 heteroatoms. The first-order valence-corrected chi connectivity index (χ1v) is 8.10. The van der Waals surface area contributed by atoms with Crippen molar-refractivity contribution in [2.24, 2.45) is 0 Å². The SMILES string of the molecule is O=C1c2oc3ccccc3c(=O)c2C(c2cccnc2)N1CCCO. The van der Waals surface area contributed by atoms with Crippen LogP contribution in [0.15, 0.2) is 58.0 Å². The third kappa shape index (κ3) is 2.42. The van der Waals surface area contributed by atoms with Crippen molar-refractivity contribution in [2.45, 2.75) is 12.5 Å². The van der Waals surface area contributed by atoms with Crippen LogP contribution in [0.4, 0.5) is 0 Å². The summed E-state index contributed by atoms with van der Waals surface area (Å²) in [6.07, 6.45) is 3.71. The lowest BCUT2D eigenvalue weighted by Crippen LogP contribution is -2.31. The van der Waals surface area contributed by atoms with Gasteiger partial charge in [0.1, 0.15) is 5.58 Å². The van der Waals surface area contributed by atoms with Crippen LogP contribution in [-0.4, -0.2) is 34.0 Å². The molecule has 1 amide bonds. The normalized spacial score (nSPS) is 16.4. The van der Waals surface area contributed by atoms with Crippen molar-refractivity contribution < 1.29 is 14.3 Å². The molecule has 6 nitrogen and oxygen atoms in total. The lowest BCUT2D eigenvalue weighted by atomic mass is 10.00. The van der Waals surface area contributed by atoms with Crippen LogP contribution in [0, 0.1) is 0 Å². The Morgan fingerprint density at radius 3 is 2.76 bits per heavy atom. The lowest BCUT2D eigenvalue weighted by molar-refractivity contribution is 0.0716. The van der Waals surface area contributed by atoms with Crippen molar-refractivity contribution in [3.05, 3.63) is 75.9 Å². The number of hydrogen-bond donors (Lipinski definition) is 1. The molecule has 3 heterocycles. The van der Waals surface area contributed by atoms with Crippen molar-refractivity contribution in [1.82, 2.24) is 9.88 Å². The van der Waals surface area contributed by atoms with Crippen molar-refractivity contribution in [1.29, 1.82) is 0 Å². The average molecular weight is 336 g/mol. The first kappa shape index (κ1) is 15.5. The number of carbonyl (C=O) groups is 1. The highest BCUT2D eigenvalue weighted by Gasteiger charge is 2.42. The van der Waals surface area contributed by atoms with Gasteiger partial charge < -0.3 is 14.4 Å². The van der Waals surface area contributed by atoms with Gasteiger partial charge in [-0.2, -0.15) is 0 Å². The second-order valence-electron chi connectivity index (χ2n) is 5.93. The zero-order valence-corrected chi connectivity index (χ0v) is 13.4. The fourth-order valence-corrected chi connectivity index (χ4v) is 3.32. The first-order valence-electron chi connectivity index (χ1n) is 8.10. The topological polar surface area (TPSA) is 83.6 Å². The van der Waals surface area contributed by atoms with Gasteiger partial charge in [0.2, 0.25) is 5.76 Å². The number of fused-ring (bicyclic) bond motifs is 2. The Bertz CT molecular complexity index is 997. The Hall–Kier alpha value is -2.99. The van der Waals surface area contributed by atoms with Gasteiger partial charge in [-0.15, -0.1) is 0 Å². The van der Waals surface area contributed by atoms with Crippen LogP contribution in [-0.2, 0) is 0 Å². The number of pyridine rings is 1. The molecule has 126 valence electrons. The quantitative estimate of drug-likeness (QED) is 0.789. The standard InChI is InChI=1S/C19H16N2O4/c22-10-4-9-21-16(12-5-3-8-20-11-12)15-17(23)13-6-1-2-7-14(13)25-18(15)19(21)24/h1-3,5-8,11,16,22H,4,9-10H2. The van der Waals surface area contributed by atoms with E-state index in [2.05, 4.69) is 4.98 Å². The third-order valence-electron chi connectivity index (χ3n) is 4.43. The van der Waals surface area contributed by atoms with Gasteiger partial charge >= 0.3 is 0 Å². The zero-order chi connectivity index (χ0) is 17.4. The fourth-order valence-electron chi connectivity index (χ4n) is 3.32. The Morgan fingerprint density at radius 2 is 2.00 bits per heavy atom. The molecule has 1 unspecified atom stereocenters. The second kappa shape index (κ2) is 6.14. The number of hydrogen-bond acceptors (Lipinski definition) is 5. The lowest BCUT2D eigenvalue weighted by Gasteiger charge is -2.24. The monoisotopic (exact) mass is 336 g/mol. The van der Waals surface area contributed by atoms with Crippen LogP contribution in [0.5, 0.6) is 0 Å². The summed E-state index contributed by atoms with van der Waals surface area (Å²) in [5, 5.41) is 9.61. The van der Waals surface area contributed by atoms with Gasteiger partial charge in [0.25, 0.3) is 5.91 Å². The maximum atomic E-state index is 13.1. The van der Waals surface area contributed by atoms with E-state index >= 15 is 0 Å². The fraction of sp³-hybridized carbons (Fsp3) is 0.211. The summed E-state index contributed by atoms with van der Waals surface area (Å²) in [7, 11) is 0. The number of nitrogens with zero attached hydrogens (tertiary/aromatic N) is 2. The van der Waals surface area contributed by atoms with E-state index in [1.54, 1.807) is 47.6 Å². The number of benzene rings is 1. The van der Waals surface area contributed by atoms with E-state index in [1.165, 1.54) is 0 Å². The van der Waals surface area contributed by atoms with E-state index in [1.807, 2.05) is 6.07 Å². The molecule has 0 fully saturated rings. The third-order valence-corrected chi connectivity index (χ3v) is 4.43. The van der Waals surface area contributed by atoms with Gasteiger partial charge in [-0.25, -0.2) is 0 Å². The highest BCUT2D eigenvalue weighted by atomic mass is 16.3. The smallest absolute Gasteiger partial charge is 0.290 e. The molecule has 3 aromatic rings. The van der Waals surface area contributed by atoms with E-state index in [0.29, 0.717) is 29.5 Å². The van der Waals surface area contributed by atoms with E-state index in [-0.39, 0.29) is 23.7 Å². The highest BCUT2D eigenvalue weighted by molar-refractivity contribution is 5.99. The molecular formula is C19H16N2O4. The van der Waals surface area contributed by atoms with Crippen LogP contribution in [0.2, 0.25) is 0 Å². The molecule has 1 N–H and O–H groups in total. The molecule has 0 spiro atoms. The summed E-state index contributed by atoms with van der Waals surface area (Å²) in [5.41, 5.74) is 1.28. The molecule has 0 bridgehead atoms. The van der Waals surface area contributed by atoms with Crippen LogP contribution in [0.3, 0.4) is 0 Å². The van der Waals surface area contributed by atoms with Crippen molar-refractivity contribution in [2.75, 3.05) is 13.2 Å². The van der Waals surface area contributed by atoms with Crippen LogP contribution in [0.1, 0.15) is 34.1 Å². The van der Waals surface area contributed by atoms with Crippen LogP contribution in [0.25, 0.3) is 11.0 Å². The molecule has 2 aromatic heterocycles. The molecule has 25 heavy (non-hydrogen) atoms. The minimum Gasteiger partial charge on any atom is -0.450 e. The van der Waals surface area contributed by atoms with Gasteiger partial charge in [-0.3, -0.25) is 14.6 Å². The molecular weight excluding hydrogens is 320 g/mol. The Morgan fingerprint density at radius 1 is 1.16 bits per heavy atom. The van der Waals surface area contributed by atoms with Gasteiger partial charge in [-0.1, -0.05) is 18.2 Å². The Labute approximate surface area is 143 Å². The number of carbonyl (C=O) groups excluding carboxylic acids is 1. The van der Waals surface area contributed by atoms with E-state index < -0.39 is 6.04 Å². The molecule has 0 saturated carbocycles. The summed E-state index contributed by atoms with van der Waals surface area (Å²) in [5.74, 6) is -0.254. The van der Waals surface area contributed by atoms with Gasteiger partial charge in [0.15, 0.2) is 5.43 Å². The number of rotatable bonds is 4. The minimum atomic E-state index is -0.552. The number of para-hydroxylation sites is 1. The molecule has 4 rings (SSSR count). The predicted molar refractivity (Wildman–Crippen MR) is 91.3 cm³/mol. The molecule has 1 atom stereocenters. The average Bonchev–Trinajstić information content (AvgIpc) is 2.93. The van der Waals surface area contributed by atoms with Crippen LogP contribution >= 0.6 is 0 Å². The Kier molecular flexibility index (Phi) is 3.82. The minimum absolute atomic E-state index is 0.0385. The molecule has 1 aliphatic heterocycles. The predicted octanol–water partition coefficient (Wildman–Crippen LogP) is 2.12. The number of aromatic nitrogens is 1. The second-order valence-corrected chi connectivity index (χ2v) is 5.93. The summed E-state index contributed by atoms with van der Waals surface area (Å²) in [6, 6.07) is 9.96. The summed E-state index contributed by atoms with van der Waals surface area (Å²) in [6.45, 7) is 0.290. The molecule has 1 aromatic carbocycles. The maximum absolute atomic E-state index is 13.1. The largest absolute Gasteiger partial charge is 0.450 e. The van der Waals surface area contributed by atoms with Crippen molar-refractivity contribution in [3.8, 4) is 0 Å². The molecule has 0 radical (unpaired) electrons. The van der Waals surface area contributed by atoms with Crippen LogP contribution < -0.4 is 5.43 Å². The zero-order valence-electron chi connectivity index (χ0n) is 13.4. The van der Waals surface area contributed by atoms with E-state index in [9.17, 15) is 9.59 Å². The number of aliphatic hydroxyl groups is 1. The number of amides is 1. The maximum Gasteiger partial charge on any atom is 0.290 e. The highest BCUT2D eigenvalue weighted by Crippen LogP contribution is 2.37. The Balaban J connectivity index is 1.97. The summed E-state index contributed by atoms with van der Waals surface area (Å²) >= 11 is 0. The summed E-state index contributed by atoms with van der Waals surface area (Å²) in [4.78, 5) is 31.6. The van der Waals surface area contributed by atoms with Gasteiger partial charge in [0.05, 0.1) is 17.0 Å².